The molecule has 2 aliphatic heterocycles. The SMILES string of the molecule is O=C(Nc1ccc2nc(N3CCOCC3)sc2c1)c1ccc(N2CCc3ccccc3C2)cc1. The Morgan fingerprint density at radius 3 is 2.53 bits per heavy atom. The number of benzene rings is 3. The Bertz CT molecular complexity index is 1330. The van der Waals surface area contributed by atoms with Crippen molar-refractivity contribution < 1.29 is 9.53 Å². The summed E-state index contributed by atoms with van der Waals surface area (Å²) in [6.45, 7) is 5.10. The highest BCUT2D eigenvalue weighted by Crippen LogP contribution is 2.31. The van der Waals surface area contributed by atoms with Gasteiger partial charge in [-0.05, 0) is 60.0 Å². The monoisotopic (exact) mass is 470 g/mol. The second-order valence-electron chi connectivity index (χ2n) is 8.72. The maximum absolute atomic E-state index is 12.9. The van der Waals surface area contributed by atoms with E-state index in [1.807, 2.05) is 42.5 Å². The fraction of sp³-hybridized carbons (Fsp3) is 0.259. The summed E-state index contributed by atoms with van der Waals surface area (Å²) in [5.41, 5.74) is 6.35. The van der Waals surface area contributed by atoms with Gasteiger partial charge in [0, 0.05) is 43.1 Å². The van der Waals surface area contributed by atoms with Crippen molar-refractivity contribution >= 4 is 44.0 Å². The summed E-state index contributed by atoms with van der Waals surface area (Å²) in [7, 11) is 0. The van der Waals surface area contributed by atoms with Crippen LogP contribution >= 0.6 is 11.3 Å². The van der Waals surface area contributed by atoms with Crippen LogP contribution in [0.1, 0.15) is 21.5 Å². The predicted molar refractivity (Wildman–Crippen MR) is 138 cm³/mol. The fourth-order valence-electron chi connectivity index (χ4n) is 4.62. The number of anilines is 3. The Labute approximate surface area is 202 Å². The lowest BCUT2D eigenvalue weighted by molar-refractivity contribution is 0.102. The number of nitrogens with one attached hydrogen (secondary N) is 1. The third-order valence-electron chi connectivity index (χ3n) is 6.54. The molecule has 0 spiro atoms. The van der Waals surface area contributed by atoms with Gasteiger partial charge in [0.25, 0.3) is 5.91 Å². The molecule has 3 aromatic carbocycles. The second-order valence-corrected chi connectivity index (χ2v) is 9.73. The van der Waals surface area contributed by atoms with Crippen molar-refractivity contribution in [2.45, 2.75) is 13.0 Å². The number of carbonyl (C=O) groups excluding carboxylic acids is 1. The molecule has 3 heterocycles. The number of nitrogens with zero attached hydrogens (tertiary/aromatic N) is 3. The predicted octanol–water partition coefficient (Wildman–Crippen LogP) is 4.95. The number of rotatable bonds is 4. The molecule has 0 saturated carbocycles. The third kappa shape index (κ3) is 4.24. The minimum Gasteiger partial charge on any atom is -0.378 e. The van der Waals surface area contributed by atoms with Crippen molar-refractivity contribution in [3.63, 3.8) is 0 Å². The first-order valence-corrected chi connectivity index (χ1v) is 12.5. The van der Waals surface area contributed by atoms with Crippen LogP contribution in [-0.4, -0.2) is 43.7 Å². The van der Waals surface area contributed by atoms with Crippen LogP contribution in [0.2, 0.25) is 0 Å². The highest BCUT2D eigenvalue weighted by atomic mass is 32.1. The average Bonchev–Trinajstić information content (AvgIpc) is 3.32. The average molecular weight is 471 g/mol. The van der Waals surface area contributed by atoms with Crippen LogP contribution in [0, 0.1) is 0 Å². The van der Waals surface area contributed by atoms with E-state index in [4.69, 9.17) is 9.72 Å². The van der Waals surface area contributed by atoms with Gasteiger partial charge in [0.1, 0.15) is 0 Å². The molecule has 0 aliphatic carbocycles. The zero-order valence-corrected chi connectivity index (χ0v) is 19.7. The number of aromatic nitrogens is 1. The normalized spacial score (nSPS) is 15.9. The summed E-state index contributed by atoms with van der Waals surface area (Å²) in [4.78, 5) is 22.3. The summed E-state index contributed by atoms with van der Waals surface area (Å²) in [6.07, 6.45) is 1.05. The summed E-state index contributed by atoms with van der Waals surface area (Å²) >= 11 is 1.66. The number of carbonyl (C=O) groups is 1. The maximum Gasteiger partial charge on any atom is 0.255 e. The molecule has 0 unspecified atom stereocenters. The maximum atomic E-state index is 12.9. The van der Waals surface area contributed by atoms with Gasteiger partial charge < -0.3 is 19.9 Å². The third-order valence-corrected chi connectivity index (χ3v) is 7.62. The van der Waals surface area contributed by atoms with E-state index in [0.29, 0.717) is 5.56 Å². The van der Waals surface area contributed by atoms with Crippen molar-refractivity contribution in [2.75, 3.05) is 48.0 Å². The van der Waals surface area contributed by atoms with Crippen molar-refractivity contribution in [3.8, 4) is 0 Å². The first-order chi connectivity index (χ1) is 16.7. The smallest absolute Gasteiger partial charge is 0.255 e. The van der Waals surface area contributed by atoms with Gasteiger partial charge in [-0.1, -0.05) is 35.6 Å². The molecule has 1 N–H and O–H groups in total. The lowest BCUT2D eigenvalue weighted by Crippen LogP contribution is -2.36. The number of morpholine rings is 1. The summed E-state index contributed by atoms with van der Waals surface area (Å²) in [5.74, 6) is -0.104. The molecule has 0 bridgehead atoms. The van der Waals surface area contributed by atoms with Crippen molar-refractivity contribution in [1.29, 1.82) is 0 Å². The molecular formula is C27H26N4O2S. The zero-order chi connectivity index (χ0) is 22.9. The Balaban J connectivity index is 1.14. The second kappa shape index (κ2) is 9.08. The van der Waals surface area contributed by atoms with Crippen LogP contribution in [-0.2, 0) is 17.7 Å². The molecule has 6 rings (SSSR count). The minimum atomic E-state index is -0.104. The van der Waals surface area contributed by atoms with Crippen LogP contribution in [0.3, 0.4) is 0 Å². The number of amides is 1. The molecular weight excluding hydrogens is 444 g/mol. The Morgan fingerprint density at radius 2 is 1.71 bits per heavy atom. The van der Waals surface area contributed by atoms with Gasteiger partial charge in [-0.25, -0.2) is 4.98 Å². The van der Waals surface area contributed by atoms with Crippen LogP contribution in [0.5, 0.6) is 0 Å². The number of hydrogen-bond acceptors (Lipinski definition) is 6. The van der Waals surface area contributed by atoms with E-state index >= 15 is 0 Å². The molecule has 6 nitrogen and oxygen atoms in total. The van der Waals surface area contributed by atoms with Crippen molar-refractivity contribution in [3.05, 3.63) is 83.4 Å². The molecule has 1 aromatic heterocycles. The van der Waals surface area contributed by atoms with Crippen LogP contribution in [0.4, 0.5) is 16.5 Å². The topological polar surface area (TPSA) is 57.7 Å². The van der Waals surface area contributed by atoms with Crippen LogP contribution in [0.25, 0.3) is 10.2 Å². The summed E-state index contributed by atoms with van der Waals surface area (Å²) in [6, 6.07) is 22.4. The fourth-order valence-corrected chi connectivity index (χ4v) is 5.68. The highest BCUT2D eigenvalue weighted by Gasteiger charge is 2.18. The number of hydrogen-bond donors (Lipinski definition) is 1. The molecule has 7 heteroatoms. The summed E-state index contributed by atoms with van der Waals surface area (Å²) in [5, 5.41) is 4.06. The molecule has 172 valence electrons. The Morgan fingerprint density at radius 1 is 0.912 bits per heavy atom. The van der Waals surface area contributed by atoms with Gasteiger partial charge in [0.15, 0.2) is 5.13 Å². The van der Waals surface area contributed by atoms with Crippen molar-refractivity contribution in [1.82, 2.24) is 4.98 Å². The molecule has 1 saturated heterocycles. The number of thiazole rings is 1. The summed E-state index contributed by atoms with van der Waals surface area (Å²) < 4.78 is 6.51. The quantitative estimate of drug-likeness (QED) is 0.458. The van der Waals surface area contributed by atoms with E-state index in [-0.39, 0.29) is 5.91 Å². The van der Waals surface area contributed by atoms with Gasteiger partial charge >= 0.3 is 0 Å². The minimum absolute atomic E-state index is 0.104. The van der Waals surface area contributed by atoms with Gasteiger partial charge in [0.2, 0.25) is 0 Å². The van der Waals surface area contributed by atoms with Crippen LogP contribution in [0.15, 0.2) is 66.7 Å². The lowest BCUT2D eigenvalue weighted by Gasteiger charge is -2.30. The number of fused-ring (bicyclic) bond motifs is 2. The van der Waals surface area contributed by atoms with E-state index in [2.05, 4.69) is 39.4 Å². The van der Waals surface area contributed by atoms with E-state index in [1.165, 1.54) is 11.1 Å². The molecule has 4 aromatic rings. The standard InChI is InChI=1S/C27H26N4O2S/c32-26(20-5-8-23(9-6-20)31-12-11-19-3-1-2-4-21(19)18-31)28-22-7-10-24-25(17-22)34-27(29-24)30-13-15-33-16-14-30/h1-10,17H,11-16,18H2,(H,28,32). The molecule has 0 atom stereocenters. The Kier molecular flexibility index (Phi) is 5.65. The first-order valence-electron chi connectivity index (χ1n) is 11.7. The highest BCUT2D eigenvalue weighted by molar-refractivity contribution is 7.22. The van der Waals surface area contributed by atoms with Gasteiger partial charge in [0.05, 0.1) is 23.4 Å². The Hall–Kier alpha value is -3.42. The molecule has 1 fully saturated rings. The van der Waals surface area contributed by atoms with E-state index in [9.17, 15) is 4.79 Å². The number of ether oxygens (including phenoxy) is 1. The van der Waals surface area contributed by atoms with Gasteiger partial charge in [-0.2, -0.15) is 0 Å². The molecule has 2 aliphatic rings. The molecule has 34 heavy (non-hydrogen) atoms. The van der Waals surface area contributed by atoms with Gasteiger partial charge in [-0.15, -0.1) is 0 Å². The van der Waals surface area contributed by atoms with E-state index in [0.717, 1.165) is 72.5 Å². The van der Waals surface area contributed by atoms with Gasteiger partial charge in [-0.3, -0.25) is 4.79 Å². The van der Waals surface area contributed by atoms with E-state index < -0.39 is 0 Å². The van der Waals surface area contributed by atoms with Crippen LogP contribution < -0.4 is 15.1 Å². The van der Waals surface area contributed by atoms with Crippen molar-refractivity contribution in [2.24, 2.45) is 0 Å². The lowest BCUT2D eigenvalue weighted by atomic mass is 9.99. The molecule has 0 radical (unpaired) electrons. The van der Waals surface area contributed by atoms with E-state index in [1.54, 1.807) is 11.3 Å². The molecule has 1 amide bonds. The largest absolute Gasteiger partial charge is 0.378 e. The zero-order valence-electron chi connectivity index (χ0n) is 18.9. The first kappa shape index (κ1) is 21.1.